The average Bonchev–Trinajstić information content (AvgIpc) is 1.94. The third-order valence-electron chi connectivity index (χ3n) is 0. The molecule has 0 unspecified atom stereocenters. The molecule has 11 nitrogen and oxygen atoms in total. The Hall–Kier alpha value is -1.63. The van der Waals surface area contributed by atoms with Gasteiger partial charge in [-0.2, -0.15) is 0 Å². The predicted octanol–water partition coefficient (Wildman–Crippen LogP) is -1.93. The Labute approximate surface area is 154 Å². The highest BCUT2D eigenvalue weighted by Crippen LogP contribution is 1.43. The molecule has 137 valence electrons. The molecule has 13 heteroatoms. The van der Waals surface area contributed by atoms with E-state index >= 15 is 0 Å². The van der Waals surface area contributed by atoms with E-state index in [9.17, 15) is 0 Å². The normalized spacial score (nSPS) is 5.43. The van der Waals surface area contributed by atoms with Crippen LogP contribution in [0, 0.1) is 0 Å². The highest BCUT2D eigenvalue weighted by molar-refractivity contribution is 5.76. The van der Waals surface area contributed by atoms with Crippen molar-refractivity contribution in [3.63, 3.8) is 0 Å². The van der Waals surface area contributed by atoms with Crippen LogP contribution in [0.4, 0.5) is 0 Å². The highest BCUT2D eigenvalue weighted by atomic mass is 27.0. The van der Waals surface area contributed by atoms with E-state index in [4.69, 9.17) is 49.5 Å². The zero-order valence-corrected chi connectivity index (χ0v) is 14.0. The van der Waals surface area contributed by atoms with Gasteiger partial charge < -0.3 is 31.0 Å². The van der Waals surface area contributed by atoms with E-state index in [1.54, 1.807) is 0 Å². The Morgan fingerprint density at radius 2 is 0.478 bits per heavy atom. The van der Waals surface area contributed by atoms with E-state index in [1.165, 1.54) is 0 Å². The number of rotatable bonds is 0. The Morgan fingerprint density at radius 1 is 0.478 bits per heavy atom. The minimum atomic E-state index is -0.833. The minimum absolute atomic E-state index is 0. The zero-order valence-electron chi connectivity index (χ0n) is 12.9. The topological polar surface area (TPSA) is 218 Å². The summed E-state index contributed by atoms with van der Waals surface area (Å²) in [5.41, 5.74) is 0. The molecule has 0 amide bonds. The first-order chi connectivity index (χ1) is 8.66. The number of carboxylic acid groups (broad SMARTS) is 5. The fourth-order valence-corrected chi connectivity index (χ4v) is 0. The van der Waals surface area contributed by atoms with Gasteiger partial charge >= 0.3 is 0 Å². The average molecular weight is 375 g/mol. The van der Waals surface area contributed by atoms with Crippen molar-refractivity contribution in [2.45, 2.75) is 34.6 Å². The summed E-state index contributed by atoms with van der Waals surface area (Å²) in [5, 5.41) is 37.1. The largest absolute Gasteiger partial charge is 0.481 e. The van der Waals surface area contributed by atoms with Crippen LogP contribution < -0.4 is 0 Å². The maximum Gasteiger partial charge on any atom is 0.300 e. The lowest BCUT2D eigenvalue weighted by Gasteiger charge is -1.59. The summed E-state index contributed by atoms with van der Waals surface area (Å²) in [5.74, 6) is -4.17. The van der Waals surface area contributed by atoms with Crippen LogP contribution in [0.25, 0.3) is 0 Å². The molecule has 3 radical (unpaired) electrons. The highest BCUT2D eigenvalue weighted by Gasteiger charge is 1.66. The molecule has 23 heavy (non-hydrogen) atoms. The van der Waals surface area contributed by atoms with Crippen LogP contribution in [-0.2, 0) is 24.0 Å². The van der Waals surface area contributed by atoms with Crippen molar-refractivity contribution in [2.75, 3.05) is 0 Å². The number of carbonyl (C=O) groups is 5. The van der Waals surface area contributed by atoms with Gasteiger partial charge in [0.1, 0.15) is 0 Å². The molecule has 7 N–H and O–H groups in total. The summed E-state index contributed by atoms with van der Waals surface area (Å²) in [7, 11) is 0. The van der Waals surface area contributed by atoms with Crippen LogP contribution >= 0.6 is 0 Å². The van der Waals surface area contributed by atoms with Crippen molar-refractivity contribution in [3.05, 3.63) is 0 Å². The Morgan fingerprint density at radius 3 is 0.478 bits per heavy atom. The molecular formula is C10H25Al2O11. The van der Waals surface area contributed by atoms with Gasteiger partial charge in [0, 0.05) is 52.0 Å². The molecule has 0 aromatic rings. The van der Waals surface area contributed by atoms with Crippen LogP contribution in [0.3, 0.4) is 0 Å². The van der Waals surface area contributed by atoms with Gasteiger partial charge in [-0.25, -0.2) is 0 Å². The van der Waals surface area contributed by atoms with Crippen LogP contribution in [0.2, 0.25) is 0 Å². The molecule has 0 aliphatic rings. The van der Waals surface area contributed by atoms with E-state index < -0.39 is 29.8 Å². The first-order valence-corrected chi connectivity index (χ1v) is 4.64. The molecule has 0 atom stereocenters. The lowest BCUT2D eigenvalue weighted by Crippen LogP contribution is -1.78. The van der Waals surface area contributed by atoms with E-state index in [0.29, 0.717) is 0 Å². The summed E-state index contributed by atoms with van der Waals surface area (Å²) in [6.45, 7) is 5.42. The number of hydrogen-bond acceptors (Lipinski definition) is 5. The fourth-order valence-electron chi connectivity index (χ4n) is 0. The molecule has 0 aromatic heterocycles. The zero-order chi connectivity index (χ0) is 17.9. The summed E-state index contributed by atoms with van der Waals surface area (Å²) in [6, 6.07) is 0. The van der Waals surface area contributed by atoms with Gasteiger partial charge in [-0.1, -0.05) is 0 Å². The van der Waals surface area contributed by atoms with Gasteiger partial charge in [-0.3, -0.25) is 24.0 Å². The van der Waals surface area contributed by atoms with E-state index in [1.807, 2.05) is 0 Å². The first-order valence-electron chi connectivity index (χ1n) is 4.64. The number of carboxylic acids is 5. The summed E-state index contributed by atoms with van der Waals surface area (Å²) in [6.07, 6.45) is 0. The van der Waals surface area contributed by atoms with Crippen molar-refractivity contribution < 1.29 is 55.0 Å². The molecule has 0 aliphatic carbocycles. The molecular weight excluding hydrogens is 350 g/mol. The Kier molecular flexibility index (Phi) is 92.2. The van der Waals surface area contributed by atoms with Crippen LogP contribution in [0.5, 0.6) is 0 Å². The second-order valence-corrected chi connectivity index (χ2v) is 2.60. The lowest BCUT2D eigenvalue weighted by molar-refractivity contribution is -0.135. The van der Waals surface area contributed by atoms with Crippen molar-refractivity contribution in [1.82, 2.24) is 0 Å². The van der Waals surface area contributed by atoms with Gasteiger partial charge in [0.25, 0.3) is 29.8 Å². The maximum absolute atomic E-state index is 9.00. The molecule has 0 saturated heterocycles. The van der Waals surface area contributed by atoms with Gasteiger partial charge in [0.2, 0.25) is 0 Å². The smallest absolute Gasteiger partial charge is 0.300 e. The molecule has 0 bridgehead atoms. The maximum atomic E-state index is 9.00. The van der Waals surface area contributed by atoms with Crippen LogP contribution in [-0.4, -0.2) is 95.6 Å². The Bertz CT molecular complexity index is 216. The molecule has 0 heterocycles. The molecule has 0 aliphatic heterocycles. The SMILES string of the molecule is CC(=O)O.CC(=O)O.CC(=O)O.CC(=O)O.CC(=O)O.O.[AlH3].[Al]. The molecule has 0 rings (SSSR count). The number of hydrogen-bond donors (Lipinski definition) is 5. The van der Waals surface area contributed by atoms with E-state index in [2.05, 4.69) is 0 Å². The van der Waals surface area contributed by atoms with E-state index in [0.717, 1.165) is 34.6 Å². The van der Waals surface area contributed by atoms with E-state index in [-0.39, 0.29) is 40.2 Å². The number of aliphatic carboxylic acids is 5. The van der Waals surface area contributed by atoms with Crippen molar-refractivity contribution >= 4 is 64.6 Å². The minimum Gasteiger partial charge on any atom is -0.481 e. The second kappa shape index (κ2) is 42.8. The molecule has 0 saturated carbocycles. The third-order valence-corrected chi connectivity index (χ3v) is 0. The molecule has 0 fully saturated rings. The van der Waals surface area contributed by atoms with Gasteiger partial charge in [-0.15, -0.1) is 0 Å². The van der Waals surface area contributed by atoms with Crippen molar-refractivity contribution in [3.8, 4) is 0 Å². The monoisotopic (exact) mass is 375 g/mol. The summed E-state index contributed by atoms with van der Waals surface area (Å²) >= 11 is 0. The first kappa shape index (κ1) is 49.6. The molecule has 0 aromatic carbocycles. The second-order valence-electron chi connectivity index (χ2n) is 2.60. The lowest BCUT2D eigenvalue weighted by atomic mass is 10.9. The van der Waals surface area contributed by atoms with Crippen molar-refractivity contribution in [1.29, 1.82) is 0 Å². The Balaban J connectivity index is -0.0000000197. The van der Waals surface area contributed by atoms with Crippen molar-refractivity contribution in [2.24, 2.45) is 0 Å². The summed E-state index contributed by atoms with van der Waals surface area (Å²) in [4.78, 5) is 45.0. The van der Waals surface area contributed by atoms with Crippen LogP contribution in [0.15, 0.2) is 0 Å². The standard InChI is InChI=1S/5C2H4O2.2Al.H2O.3H/c5*1-2(3)4;;;;;;/h5*1H3,(H,3,4);;;1H2;;;. The summed E-state index contributed by atoms with van der Waals surface area (Å²) < 4.78 is 0. The van der Waals surface area contributed by atoms with Gasteiger partial charge in [-0.05, 0) is 0 Å². The fraction of sp³-hybridized carbons (Fsp3) is 0.500. The molecule has 0 spiro atoms. The van der Waals surface area contributed by atoms with Gasteiger partial charge in [0.15, 0.2) is 17.4 Å². The van der Waals surface area contributed by atoms with Crippen LogP contribution in [0.1, 0.15) is 34.6 Å². The third kappa shape index (κ3) is 2600. The predicted molar refractivity (Wildman–Crippen MR) is 85.9 cm³/mol. The van der Waals surface area contributed by atoms with Gasteiger partial charge in [0.05, 0.1) is 0 Å². The quantitative estimate of drug-likeness (QED) is 0.295.